The molecular formula is C11H18N4O. The summed E-state index contributed by atoms with van der Waals surface area (Å²) in [6.07, 6.45) is 1.71. The van der Waals surface area contributed by atoms with Crippen molar-refractivity contribution >= 4 is 17.4 Å². The fraction of sp³-hybridized carbons (Fsp3) is 0.455. The summed E-state index contributed by atoms with van der Waals surface area (Å²) in [6, 6.07) is 1.77. The second kappa shape index (κ2) is 5.34. The van der Waals surface area contributed by atoms with Crippen molar-refractivity contribution in [2.24, 2.45) is 0 Å². The second-order valence-electron chi connectivity index (χ2n) is 3.71. The Morgan fingerprint density at radius 1 is 1.62 bits per heavy atom. The summed E-state index contributed by atoms with van der Waals surface area (Å²) in [7, 11) is 1.81. The Labute approximate surface area is 95.7 Å². The van der Waals surface area contributed by atoms with Crippen LogP contribution in [0.1, 0.15) is 12.5 Å². The molecule has 1 amide bonds. The molecular weight excluding hydrogens is 204 g/mol. The van der Waals surface area contributed by atoms with Crippen molar-refractivity contribution in [2.45, 2.75) is 13.8 Å². The van der Waals surface area contributed by atoms with E-state index in [2.05, 4.69) is 10.3 Å². The number of aromatic nitrogens is 1. The highest BCUT2D eigenvalue weighted by Crippen LogP contribution is 2.16. The third-order valence-corrected chi connectivity index (χ3v) is 2.28. The maximum Gasteiger partial charge on any atom is 0.239 e. The number of nitrogens with zero attached hydrogens (tertiary/aromatic N) is 2. The predicted molar refractivity (Wildman–Crippen MR) is 65.3 cm³/mol. The van der Waals surface area contributed by atoms with Crippen molar-refractivity contribution in [1.82, 2.24) is 10.3 Å². The van der Waals surface area contributed by atoms with Gasteiger partial charge in [0, 0.05) is 31.5 Å². The molecule has 1 aromatic heterocycles. The van der Waals surface area contributed by atoms with Crippen molar-refractivity contribution in [1.29, 1.82) is 0 Å². The zero-order chi connectivity index (χ0) is 12.1. The van der Waals surface area contributed by atoms with Gasteiger partial charge >= 0.3 is 0 Å². The number of hydrogen-bond donors (Lipinski definition) is 2. The van der Waals surface area contributed by atoms with Crippen molar-refractivity contribution < 1.29 is 4.79 Å². The maximum absolute atomic E-state index is 11.4. The Kier molecular flexibility index (Phi) is 4.10. The number of amides is 1. The van der Waals surface area contributed by atoms with Gasteiger partial charge in [-0.1, -0.05) is 0 Å². The van der Waals surface area contributed by atoms with Crippen molar-refractivity contribution in [3.8, 4) is 0 Å². The molecule has 3 N–H and O–H groups in total. The molecule has 0 aliphatic rings. The third kappa shape index (κ3) is 3.12. The monoisotopic (exact) mass is 222 g/mol. The number of likely N-dealkylation sites (N-methyl/N-ethyl adjacent to an activating group) is 2. The average molecular weight is 222 g/mol. The largest absolute Gasteiger partial charge is 0.398 e. The van der Waals surface area contributed by atoms with Gasteiger partial charge in [0.25, 0.3) is 0 Å². The van der Waals surface area contributed by atoms with Gasteiger partial charge in [0.1, 0.15) is 5.82 Å². The van der Waals surface area contributed by atoms with Crippen LogP contribution in [0, 0.1) is 6.92 Å². The van der Waals surface area contributed by atoms with Crippen LogP contribution < -0.4 is 16.0 Å². The van der Waals surface area contributed by atoms with Crippen LogP contribution in [0.4, 0.5) is 11.5 Å². The number of rotatable bonds is 4. The summed E-state index contributed by atoms with van der Waals surface area (Å²) in [5, 5.41) is 2.73. The Balaban J connectivity index is 2.69. The van der Waals surface area contributed by atoms with Crippen molar-refractivity contribution in [3.63, 3.8) is 0 Å². The molecule has 5 heteroatoms. The third-order valence-electron chi connectivity index (χ3n) is 2.28. The van der Waals surface area contributed by atoms with E-state index in [-0.39, 0.29) is 12.5 Å². The molecule has 0 spiro atoms. The second-order valence-corrected chi connectivity index (χ2v) is 3.71. The van der Waals surface area contributed by atoms with Gasteiger partial charge in [0.15, 0.2) is 0 Å². The Bertz CT molecular complexity index is 378. The van der Waals surface area contributed by atoms with Crippen LogP contribution in [0.5, 0.6) is 0 Å². The number of pyridine rings is 1. The van der Waals surface area contributed by atoms with Gasteiger partial charge in [0.2, 0.25) is 5.91 Å². The van der Waals surface area contributed by atoms with E-state index in [0.717, 1.165) is 5.56 Å². The zero-order valence-electron chi connectivity index (χ0n) is 9.95. The molecule has 0 aromatic carbocycles. The van der Waals surface area contributed by atoms with Crippen LogP contribution in [0.2, 0.25) is 0 Å². The normalized spacial score (nSPS) is 9.94. The highest BCUT2D eigenvalue weighted by molar-refractivity contribution is 5.81. The zero-order valence-corrected chi connectivity index (χ0v) is 9.95. The molecule has 0 fully saturated rings. The lowest BCUT2D eigenvalue weighted by Gasteiger charge is -2.18. The molecule has 0 bridgehead atoms. The summed E-state index contributed by atoms with van der Waals surface area (Å²) >= 11 is 0. The molecule has 0 saturated carbocycles. The molecule has 5 nitrogen and oxygen atoms in total. The predicted octanol–water partition coefficient (Wildman–Crippen LogP) is 0.545. The van der Waals surface area contributed by atoms with E-state index in [4.69, 9.17) is 5.73 Å². The van der Waals surface area contributed by atoms with Gasteiger partial charge in [-0.25, -0.2) is 4.98 Å². The number of carbonyl (C=O) groups excluding carboxylic acids is 1. The number of aryl methyl sites for hydroxylation is 1. The van der Waals surface area contributed by atoms with E-state index < -0.39 is 0 Å². The minimum absolute atomic E-state index is 0.0223. The first kappa shape index (κ1) is 12.3. The number of nitrogens with one attached hydrogen (secondary N) is 1. The number of carbonyl (C=O) groups is 1. The van der Waals surface area contributed by atoms with Crippen LogP contribution in [0.25, 0.3) is 0 Å². The van der Waals surface area contributed by atoms with E-state index in [1.54, 1.807) is 17.2 Å². The smallest absolute Gasteiger partial charge is 0.239 e. The fourth-order valence-corrected chi connectivity index (χ4v) is 1.29. The highest BCUT2D eigenvalue weighted by atomic mass is 16.2. The van der Waals surface area contributed by atoms with Crippen LogP contribution in [-0.4, -0.2) is 31.0 Å². The molecule has 0 radical (unpaired) electrons. The summed E-state index contributed by atoms with van der Waals surface area (Å²) in [6.45, 7) is 4.70. The molecule has 88 valence electrons. The first-order valence-electron chi connectivity index (χ1n) is 5.24. The first-order chi connectivity index (χ1) is 7.54. The quantitative estimate of drug-likeness (QED) is 0.780. The molecule has 1 heterocycles. The number of anilines is 2. The molecule has 0 aliphatic heterocycles. The van der Waals surface area contributed by atoms with Crippen LogP contribution in [0.3, 0.4) is 0 Å². The van der Waals surface area contributed by atoms with Crippen LogP contribution in [-0.2, 0) is 4.79 Å². The van der Waals surface area contributed by atoms with E-state index in [1.807, 2.05) is 20.9 Å². The fourth-order valence-electron chi connectivity index (χ4n) is 1.29. The van der Waals surface area contributed by atoms with Crippen molar-refractivity contribution in [3.05, 3.63) is 17.8 Å². The van der Waals surface area contributed by atoms with Crippen molar-refractivity contribution in [2.75, 3.05) is 30.8 Å². The number of hydrogen-bond acceptors (Lipinski definition) is 4. The van der Waals surface area contributed by atoms with E-state index >= 15 is 0 Å². The van der Waals surface area contributed by atoms with Gasteiger partial charge in [-0.2, -0.15) is 0 Å². The average Bonchev–Trinajstić information content (AvgIpc) is 2.22. The Morgan fingerprint density at radius 2 is 2.31 bits per heavy atom. The number of nitrogens with two attached hydrogens (primary N) is 1. The molecule has 0 saturated heterocycles. The van der Waals surface area contributed by atoms with E-state index in [1.165, 1.54) is 0 Å². The Hall–Kier alpha value is -1.78. The van der Waals surface area contributed by atoms with Gasteiger partial charge in [-0.3, -0.25) is 4.79 Å². The summed E-state index contributed by atoms with van der Waals surface area (Å²) < 4.78 is 0. The van der Waals surface area contributed by atoms with E-state index in [9.17, 15) is 4.79 Å². The van der Waals surface area contributed by atoms with Crippen LogP contribution in [0.15, 0.2) is 12.3 Å². The lowest BCUT2D eigenvalue weighted by atomic mass is 10.2. The standard InChI is InChI=1S/C11H18N4O/c1-4-13-11(16)7-15(3)10-5-9(12)8(2)6-14-10/h5-6H,4,7H2,1-3H3,(H2,12,14)(H,13,16). The molecule has 0 aliphatic carbocycles. The van der Waals surface area contributed by atoms with Gasteiger partial charge in [0.05, 0.1) is 6.54 Å². The highest BCUT2D eigenvalue weighted by Gasteiger charge is 2.08. The molecule has 16 heavy (non-hydrogen) atoms. The summed E-state index contributed by atoms with van der Waals surface area (Å²) in [5.74, 6) is 0.681. The number of nitrogen functional groups attached to an aromatic ring is 1. The van der Waals surface area contributed by atoms with Gasteiger partial charge < -0.3 is 16.0 Å². The summed E-state index contributed by atoms with van der Waals surface area (Å²) in [4.78, 5) is 17.3. The minimum atomic E-state index is -0.0223. The topological polar surface area (TPSA) is 71.2 Å². The van der Waals surface area contributed by atoms with Gasteiger partial charge in [-0.05, 0) is 19.4 Å². The minimum Gasteiger partial charge on any atom is -0.398 e. The molecule has 0 atom stereocenters. The van der Waals surface area contributed by atoms with Crippen LogP contribution >= 0.6 is 0 Å². The maximum atomic E-state index is 11.4. The molecule has 0 unspecified atom stereocenters. The molecule has 1 rings (SSSR count). The lowest BCUT2D eigenvalue weighted by molar-refractivity contribution is -0.119. The molecule has 1 aromatic rings. The van der Waals surface area contributed by atoms with E-state index in [0.29, 0.717) is 18.1 Å². The SMILES string of the molecule is CCNC(=O)CN(C)c1cc(N)c(C)cn1. The Morgan fingerprint density at radius 3 is 2.88 bits per heavy atom. The lowest BCUT2D eigenvalue weighted by Crippen LogP contribution is -2.35. The van der Waals surface area contributed by atoms with Gasteiger partial charge in [-0.15, -0.1) is 0 Å². The summed E-state index contributed by atoms with van der Waals surface area (Å²) in [5.41, 5.74) is 7.41. The first-order valence-corrected chi connectivity index (χ1v) is 5.24.